The lowest BCUT2D eigenvalue weighted by molar-refractivity contribution is -0.132. The fourth-order valence-corrected chi connectivity index (χ4v) is 3.63. The maximum atomic E-state index is 12.5. The predicted octanol–water partition coefficient (Wildman–Crippen LogP) is 4.39. The number of amides is 1. The van der Waals surface area contributed by atoms with Crippen LogP contribution in [0.4, 0.5) is 0 Å². The van der Waals surface area contributed by atoms with Crippen molar-refractivity contribution in [1.29, 1.82) is 0 Å². The molecule has 3 aromatic rings. The number of fused-ring (bicyclic) bond motifs is 1. The Morgan fingerprint density at radius 1 is 1.19 bits per heavy atom. The second-order valence-electron chi connectivity index (χ2n) is 7.02. The van der Waals surface area contributed by atoms with Gasteiger partial charge in [0.25, 0.3) is 5.91 Å². The van der Waals surface area contributed by atoms with Crippen LogP contribution in [-0.2, 0) is 10.2 Å². The molecule has 1 fully saturated rings. The molecule has 0 spiro atoms. The summed E-state index contributed by atoms with van der Waals surface area (Å²) in [5, 5.41) is 1.90. The summed E-state index contributed by atoms with van der Waals surface area (Å²) in [6.07, 6.45) is 4.30. The molecule has 0 atom stereocenters. The standard InChI is InChI=1S/C21H21ClN2O2/c1-24(20(25)13-26-16-8-6-15(22)7-9-16)14-21(10-11-21)18-12-23-19-5-3-2-4-17(18)19/h2-9,12,23H,10-11,13-14H2,1H3. The van der Waals surface area contributed by atoms with E-state index in [0.29, 0.717) is 17.3 Å². The highest BCUT2D eigenvalue weighted by atomic mass is 35.5. The van der Waals surface area contributed by atoms with E-state index in [1.165, 1.54) is 10.9 Å². The summed E-state index contributed by atoms with van der Waals surface area (Å²) < 4.78 is 5.58. The van der Waals surface area contributed by atoms with Crippen LogP contribution in [0.5, 0.6) is 5.75 Å². The average Bonchev–Trinajstić information content (AvgIpc) is 3.29. The van der Waals surface area contributed by atoms with E-state index in [-0.39, 0.29) is 17.9 Å². The van der Waals surface area contributed by atoms with E-state index in [9.17, 15) is 4.79 Å². The van der Waals surface area contributed by atoms with Crippen molar-refractivity contribution in [2.75, 3.05) is 20.2 Å². The lowest BCUT2D eigenvalue weighted by Gasteiger charge is -2.24. The van der Waals surface area contributed by atoms with E-state index in [1.54, 1.807) is 29.2 Å². The Balaban J connectivity index is 1.41. The van der Waals surface area contributed by atoms with E-state index in [2.05, 4.69) is 29.4 Å². The van der Waals surface area contributed by atoms with Crippen molar-refractivity contribution in [2.45, 2.75) is 18.3 Å². The molecule has 0 unspecified atom stereocenters. The average molecular weight is 369 g/mol. The Labute approximate surface area is 157 Å². The Morgan fingerprint density at radius 3 is 2.65 bits per heavy atom. The first-order valence-electron chi connectivity index (χ1n) is 8.76. The highest BCUT2D eigenvalue weighted by Crippen LogP contribution is 2.50. The van der Waals surface area contributed by atoms with Gasteiger partial charge < -0.3 is 14.6 Å². The van der Waals surface area contributed by atoms with E-state index in [1.807, 2.05) is 13.1 Å². The minimum absolute atomic E-state index is 0.0222. The first kappa shape index (κ1) is 17.0. The third kappa shape index (κ3) is 3.29. The molecule has 0 saturated heterocycles. The molecule has 0 aliphatic heterocycles. The van der Waals surface area contributed by atoms with Gasteiger partial charge in [-0.1, -0.05) is 29.8 Å². The van der Waals surface area contributed by atoms with E-state index >= 15 is 0 Å². The molecular weight excluding hydrogens is 348 g/mol. The topological polar surface area (TPSA) is 45.3 Å². The molecule has 2 aromatic carbocycles. The molecular formula is C21H21ClN2O2. The Kier molecular flexibility index (Phi) is 4.37. The number of ether oxygens (including phenoxy) is 1. The van der Waals surface area contributed by atoms with Crippen LogP contribution in [0.1, 0.15) is 18.4 Å². The number of aromatic amines is 1. The first-order valence-corrected chi connectivity index (χ1v) is 9.14. The summed E-state index contributed by atoms with van der Waals surface area (Å²) in [4.78, 5) is 17.6. The number of hydrogen-bond acceptors (Lipinski definition) is 2. The first-order chi connectivity index (χ1) is 12.6. The monoisotopic (exact) mass is 368 g/mol. The molecule has 1 amide bonds. The van der Waals surface area contributed by atoms with Crippen LogP contribution in [0.2, 0.25) is 5.02 Å². The number of benzene rings is 2. The molecule has 1 aliphatic carbocycles. The number of H-pyrrole nitrogens is 1. The molecule has 4 rings (SSSR count). The van der Waals surface area contributed by atoms with Gasteiger partial charge >= 0.3 is 0 Å². The number of carbonyl (C=O) groups is 1. The number of hydrogen-bond donors (Lipinski definition) is 1. The zero-order chi connectivity index (χ0) is 18.1. The van der Waals surface area contributed by atoms with Crippen LogP contribution >= 0.6 is 11.6 Å². The highest BCUT2D eigenvalue weighted by Gasteiger charge is 2.47. The molecule has 4 nitrogen and oxygen atoms in total. The fraction of sp³-hybridized carbons (Fsp3) is 0.286. The van der Waals surface area contributed by atoms with Crippen LogP contribution in [-0.4, -0.2) is 36.0 Å². The van der Waals surface area contributed by atoms with Gasteiger partial charge in [-0.25, -0.2) is 0 Å². The summed E-state index contributed by atoms with van der Waals surface area (Å²) in [5.41, 5.74) is 2.52. The highest BCUT2D eigenvalue weighted by molar-refractivity contribution is 6.30. The maximum Gasteiger partial charge on any atom is 0.260 e. The van der Waals surface area contributed by atoms with Crippen molar-refractivity contribution < 1.29 is 9.53 Å². The fourth-order valence-electron chi connectivity index (χ4n) is 3.50. The number of aromatic nitrogens is 1. The summed E-state index contributed by atoms with van der Waals surface area (Å²) in [6, 6.07) is 15.4. The largest absolute Gasteiger partial charge is 0.484 e. The lowest BCUT2D eigenvalue weighted by Crippen LogP contribution is -2.37. The van der Waals surface area contributed by atoms with Gasteiger partial charge in [0.2, 0.25) is 0 Å². The van der Waals surface area contributed by atoms with Gasteiger partial charge in [0, 0.05) is 41.1 Å². The Morgan fingerprint density at radius 2 is 1.92 bits per heavy atom. The van der Waals surface area contributed by atoms with Gasteiger partial charge in [0.1, 0.15) is 5.75 Å². The maximum absolute atomic E-state index is 12.5. The predicted molar refractivity (Wildman–Crippen MR) is 104 cm³/mol. The number of para-hydroxylation sites is 1. The SMILES string of the molecule is CN(CC1(c2c[nH]c3ccccc23)CC1)C(=O)COc1ccc(Cl)cc1. The van der Waals surface area contributed by atoms with E-state index in [4.69, 9.17) is 16.3 Å². The number of nitrogens with zero attached hydrogens (tertiary/aromatic N) is 1. The molecule has 1 aliphatic rings. The van der Waals surface area contributed by atoms with E-state index in [0.717, 1.165) is 18.4 Å². The second kappa shape index (κ2) is 6.69. The van der Waals surface area contributed by atoms with Gasteiger partial charge in [-0.05, 0) is 48.7 Å². The third-order valence-electron chi connectivity index (χ3n) is 5.16. The van der Waals surface area contributed by atoms with Crippen molar-refractivity contribution >= 4 is 28.4 Å². The summed E-state index contributed by atoms with van der Waals surface area (Å²) in [6.45, 7) is 0.736. The molecule has 5 heteroatoms. The number of halogens is 1. The van der Waals surface area contributed by atoms with Gasteiger partial charge in [-0.2, -0.15) is 0 Å². The molecule has 134 valence electrons. The van der Waals surface area contributed by atoms with Crippen molar-refractivity contribution in [3.63, 3.8) is 0 Å². The summed E-state index contributed by atoms with van der Waals surface area (Å²) in [7, 11) is 1.85. The lowest BCUT2D eigenvalue weighted by atomic mass is 9.95. The van der Waals surface area contributed by atoms with Crippen molar-refractivity contribution in [1.82, 2.24) is 9.88 Å². The number of likely N-dealkylation sites (N-methyl/N-ethyl adjacent to an activating group) is 1. The molecule has 1 N–H and O–H groups in total. The van der Waals surface area contributed by atoms with Gasteiger partial charge in [-0.15, -0.1) is 0 Å². The van der Waals surface area contributed by atoms with Crippen LogP contribution in [0, 0.1) is 0 Å². The Bertz CT molecular complexity index is 929. The van der Waals surface area contributed by atoms with Crippen LogP contribution in [0.25, 0.3) is 10.9 Å². The molecule has 1 saturated carbocycles. The molecule has 1 aromatic heterocycles. The Hall–Kier alpha value is -2.46. The van der Waals surface area contributed by atoms with Gasteiger partial charge in [0.05, 0.1) is 0 Å². The zero-order valence-corrected chi connectivity index (χ0v) is 15.4. The number of nitrogens with one attached hydrogen (secondary N) is 1. The second-order valence-corrected chi connectivity index (χ2v) is 7.46. The van der Waals surface area contributed by atoms with Gasteiger partial charge in [-0.3, -0.25) is 4.79 Å². The van der Waals surface area contributed by atoms with Crippen LogP contribution in [0.3, 0.4) is 0 Å². The summed E-state index contributed by atoms with van der Waals surface area (Å²) in [5.74, 6) is 0.625. The normalized spacial score (nSPS) is 15.0. The smallest absolute Gasteiger partial charge is 0.260 e. The van der Waals surface area contributed by atoms with Crippen molar-refractivity contribution in [2.24, 2.45) is 0 Å². The van der Waals surface area contributed by atoms with Crippen LogP contribution < -0.4 is 4.74 Å². The summed E-state index contributed by atoms with van der Waals surface area (Å²) >= 11 is 5.86. The molecule has 1 heterocycles. The molecule has 26 heavy (non-hydrogen) atoms. The van der Waals surface area contributed by atoms with Gasteiger partial charge in [0.15, 0.2) is 6.61 Å². The van der Waals surface area contributed by atoms with Crippen molar-refractivity contribution in [3.8, 4) is 5.75 Å². The van der Waals surface area contributed by atoms with Crippen LogP contribution in [0.15, 0.2) is 54.7 Å². The minimum atomic E-state index is -0.0222. The molecule has 0 radical (unpaired) electrons. The minimum Gasteiger partial charge on any atom is -0.484 e. The van der Waals surface area contributed by atoms with Crippen molar-refractivity contribution in [3.05, 3.63) is 65.3 Å². The zero-order valence-electron chi connectivity index (χ0n) is 14.7. The molecule has 0 bridgehead atoms. The quantitative estimate of drug-likeness (QED) is 0.701. The number of rotatable bonds is 6. The van der Waals surface area contributed by atoms with E-state index < -0.39 is 0 Å². The third-order valence-corrected chi connectivity index (χ3v) is 5.41. The number of carbonyl (C=O) groups excluding carboxylic acids is 1.